The Morgan fingerprint density at radius 1 is 1.57 bits per heavy atom. The van der Waals surface area contributed by atoms with Crippen molar-refractivity contribution in [3.05, 3.63) is 24.3 Å². The van der Waals surface area contributed by atoms with E-state index in [0.717, 1.165) is 0 Å². The molecule has 0 aliphatic carbocycles. The summed E-state index contributed by atoms with van der Waals surface area (Å²) in [6.45, 7) is 0.399. The van der Waals surface area contributed by atoms with Crippen LogP contribution in [0.4, 0.5) is 0 Å². The number of carbonyl (C=O) groups is 1. The SMILES string of the molecule is O=C(O)C1CNNC1c1cnccn1. The van der Waals surface area contributed by atoms with Crippen molar-refractivity contribution in [1.29, 1.82) is 0 Å². The third kappa shape index (κ3) is 1.57. The van der Waals surface area contributed by atoms with Crippen molar-refractivity contribution >= 4 is 5.97 Å². The molecule has 1 aliphatic rings. The van der Waals surface area contributed by atoms with Gasteiger partial charge in [0.05, 0.1) is 23.9 Å². The van der Waals surface area contributed by atoms with Crippen molar-refractivity contribution < 1.29 is 9.90 Å². The molecule has 6 nitrogen and oxygen atoms in total. The summed E-state index contributed by atoms with van der Waals surface area (Å²) < 4.78 is 0. The minimum absolute atomic E-state index is 0.304. The molecule has 0 aromatic carbocycles. The Bertz CT molecular complexity index is 329. The molecule has 1 aromatic rings. The normalized spacial score (nSPS) is 26.3. The van der Waals surface area contributed by atoms with Gasteiger partial charge >= 0.3 is 5.97 Å². The van der Waals surface area contributed by atoms with E-state index in [1.165, 1.54) is 0 Å². The van der Waals surface area contributed by atoms with Crippen molar-refractivity contribution in [2.24, 2.45) is 5.92 Å². The van der Waals surface area contributed by atoms with Gasteiger partial charge in [0, 0.05) is 18.9 Å². The lowest BCUT2D eigenvalue weighted by atomic mass is 10.00. The van der Waals surface area contributed by atoms with E-state index in [9.17, 15) is 4.79 Å². The lowest BCUT2D eigenvalue weighted by Crippen LogP contribution is -2.27. The van der Waals surface area contributed by atoms with Gasteiger partial charge in [0.1, 0.15) is 0 Å². The molecular weight excluding hydrogens is 184 g/mol. The van der Waals surface area contributed by atoms with Crippen LogP contribution in [0, 0.1) is 5.92 Å². The molecular formula is C8H10N4O2. The molecule has 74 valence electrons. The third-order valence-corrected chi connectivity index (χ3v) is 2.20. The average molecular weight is 194 g/mol. The van der Waals surface area contributed by atoms with Gasteiger partial charge in [-0.15, -0.1) is 0 Å². The molecule has 2 atom stereocenters. The molecule has 0 bridgehead atoms. The average Bonchev–Trinajstić information content (AvgIpc) is 2.67. The first-order valence-electron chi connectivity index (χ1n) is 4.26. The Morgan fingerprint density at radius 2 is 2.43 bits per heavy atom. The van der Waals surface area contributed by atoms with Crippen LogP contribution in [0.2, 0.25) is 0 Å². The Hall–Kier alpha value is -1.53. The van der Waals surface area contributed by atoms with Crippen LogP contribution in [0.25, 0.3) is 0 Å². The number of aromatic nitrogens is 2. The fourth-order valence-corrected chi connectivity index (χ4v) is 1.48. The quantitative estimate of drug-likeness (QED) is 0.578. The van der Waals surface area contributed by atoms with Crippen LogP contribution in [0.5, 0.6) is 0 Å². The summed E-state index contributed by atoms with van der Waals surface area (Å²) in [7, 11) is 0. The molecule has 0 amide bonds. The van der Waals surface area contributed by atoms with E-state index in [2.05, 4.69) is 20.8 Å². The largest absolute Gasteiger partial charge is 0.481 e. The number of hydrazine groups is 1. The molecule has 1 fully saturated rings. The first kappa shape index (κ1) is 9.04. The molecule has 1 aliphatic heterocycles. The Morgan fingerprint density at radius 3 is 3.07 bits per heavy atom. The maximum atomic E-state index is 10.9. The highest BCUT2D eigenvalue weighted by atomic mass is 16.4. The highest BCUT2D eigenvalue weighted by Crippen LogP contribution is 2.22. The van der Waals surface area contributed by atoms with Gasteiger partial charge in [0.2, 0.25) is 0 Å². The van der Waals surface area contributed by atoms with Crippen LogP contribution >= 0.6 is 0 Å². The molecule has 0 saturated carbocycles. The predicted octanol–water partition coefficient (Wildman–Crippen LogP) is -0.674. The minimum Gasteiger partial charge on any atom is -0.481 e. The summed E-state index contributed by atoms with van der Waals surface area (Å²) in [6, 6.07) is -0.304. The zero-order valence-corrected chi connectivity index (χ0v) is 7.34. The van der Waals surface area contributed by atoms with Gasteiger partial charge in [-0.1, -0.05) is 0 Å². The summed E-state index contributed by atoms with van der Waals surface area (Å²) in [5, 5.41) is 8.92. The van der Waals surface area contributed by atoms with Gasteiger partial charge in [0.15, 0.2) is 0 Å². The summed E-state index contributed by atoms with van der Waals surface area (Å²) in [5.41, 5.74) is 6.32. The third-order valence-electron chi connectivity index (χ3n) is 2.20. The van der Waals surface area contributed by atoms with Crippen LogP contribution in [-0.2, 0) is 4.79 Å². The molecule has 0 radical (unpaired) electrons. The maximum absolute atomic E-state index is 10.9. The second-order valence-corrected chi connectivity index (χ2v) is 3.08. The lowest BCUT2D eigenvalue weighted by molar-refractivity contribution is -0.141. The van der Waals surface area contributed by atoms with E-state index in [1.807, 2.05) is 0 Å². The highest BCUT2D eigenvalue weighted by Gasteiger charge is 2.34. The number of nitrogens with zero attached hydrogens (tertiary/aromatic N) is 2. The monoisotopic (exact) mass is 194 g/mol. The number of nitrogens with one attached hydrogen (secondary N) is 2. The van der Waals surface area contributed by atoms with Crippen molar-refractivity contribution in [2.45, 2.75) is 6.04 Å². The number of aliphatic carboxylic acids is 1. The van der Waals surface area contributed by atoms with Gasteiger partial charge in [-0.05, 0) is 0 Å². The van der Waals surface area contributed by atoms with Crippen molar-refractivity contribution in [1.82, 2.24) is 20.8 Å². The van der Waals surface area contributed by atoms with Crippen LogP contribution in [0.15, 0.2) is 18.6 Å². The van der Waals surface area contributed by atoms with Crippen LogP contribution in [0.1, 0.15) is 11.7 Å². The number of rotatable bonds is 2. The second kappa shape index (κ2) is 3.69. The van der Waals surface area contributed by atoms with Crippen molar-refractivity contribution in [3.63, 3.8) is 0 Å². The second-order valence-electron chi connectivity index (χ2n) is 3.08. The number of hydrogen-bond donors (Lipinski definition) is 3. The summed E-state index contributed by atoms with van der Waals surface area (Å²) in [4.78, 5) is 18.8. The van der Waals surface area contributed by atoms with Gasteiger partial charge in [-0.25, -0.2) is 5.43 Å². The molecule has 2 heterocycles. The van der Waals surface area contributed by atoms with Gasteiger partial charge in [-0.2, -0.15) is 0 Å². The van der Waals surface area contributed by atoms with Crippen molar-refractivity contribution in [3.8, 4) is 0 Å². The number of hydrogen-bond acceptors (Lipinski definition) is 5. The summed E-state index contributed by atoms with van der Waals surface area (Å²) in [5.74, 6) is -1.33. The fraction of sp³-hybridized carbons (Fsp3) is 0.375. The predicted molar refractivity (Wildman–Crippen MR) is 47.0 cm³/mol. The number of carboxylic acid groups (broad SMARTS) is 1. The number of carboxylic acids is 1. The maximum Gasteiger partial charge on any atom is 0.309 e. The molecule has 0 spiro atoms. The van der Waals surface area contributed by atoms with E-state index >= 15 is 0 Å². The molecule has 14 heavy (non-hydrogen) atoms. The van der Waals surface area contributed by atoms with E-state index in [4.69, 9.17) is 5.11 Å². The standard InChI is InChI=1S/C8H10N4O2/c13-8(14)5-3-11-12-7(5)6-4-9-1-2-10-6/h1-2,4-5,7,11-12H,3H2,(H,13,14). The molecule has 2 rings (SSSR count). The zero-order chi connectivity index (χ0) is 9.97. The smallest absolute Gasteiger partial charge is 0.309 e. The van der Waals surface area contributed by atoms with Gasteiger partial charge in [0.25, 0.3) is 0 Å². The topological polar surface area (TPSA) is 87.1 Å². The molecule has 3 N–H and O–H groups in total. The molecule has 1 saturated heterocycles. The van der Waals surface area contributed by atoms with Gasteiger partial charge < -0.3 is 5.11 Å². The van der Waals surface area contributed by atoms with Gasteiger partial charge in [-0.3, -0.25) is 20.2 Å². The molecule has 2 unspecified atom stereocenters. The minimum atomic E-state index is -0.835. The van der Waals surface area contributed by atoms with E-state index in [1.54, 1.807) is 18.6 Å². The first-order valence-corrected chi connectivity index (χ1v) is 4.26. The fourth-order valence-electron chi connectivity index (χ4n) is 1.48. The zero-order valence-electron chi connectivity index (χ0n) is 7.34. The first-order chi connectivity index (χ1) is 6.79. The lowest BCUT2D eigenvalue weighted by Gasteiger charge is -2.12. The Kier molecular flexibility index (Phi) is 2.38. The van der Waals surface area contributed by atoms with Crippen LogP contribution in [0.3, 0.4) is 0 Å². The van der Waals surface area contributed by atoms with E-state index in [0.29, 0.717) is 12.2 Å². The summed E-state index contributed by atoms with van der Waals surface area (Å²) in [6.07, 6.45) is 4.68. The van der Waals surface area contributed by atoms with E-state index < -0.39 is 11.9 Å². The van der Waals surface area contributed by atoms with E-state index in [-0.39, 0.29) is 6.04 Å². The molecule has 1 aromatic heterocycles. The van der Waals surface area contributed by atoms with Crippen LogP contribution in [-0.4, -0.2) is 27.6 Å². The Labute approximate surface area is 80.4 Å². The molecule has 6 heteroatoms. The Balaban J connectivity index is 2.22. The highest BCUT2D eigenvalue weighted by molar-refractivity contribution is 5.71. The summed E-state index contributed by atoms with van der Waals surface area (Å²) >= 11 is 0. The van der Waals surface area contributed by atoms with Crippen molar-refractivity contribution in [2.75, 3.05) is 6.54 Å². The van der Waals surface area contributed by atoms with Crippen LogP contribution < -0.4 is 10.9 Å².